The summed E-state index contributed by atoms with van der Waals surface area (Å²) in [6.07, 6.45) is 0.858. The predicted molar refractivity (Wildman–Crippen MR) is 110 cm³/mol. The van der Waals surface area contributed by atoms with Gasteiger partial charge in [-0.15, -0.1) is 0 Å². The van der Waals surface area contributed by atoms with Crippen molar-refractivity contribution in [2.75, 3.05) is 25.1 Å². The second-order valence-electron chi connectivity index (χ2n) is 6.82. The van der Waals surface area contributed by atoms with Gasteiger partial charge in [0.15, 0.2) is 5.69 Å². The molecule has 0 aliphatic carbocycles. The fraction of sp³-hybridized carbons (Fsp3) is 0.273. The molecule has 2 heterocycles. The lowest BCUT2D eigenvalue weighted by Gasteiger charge is -2.13. The quantitative estimate of drug-likeness (QED) is 0.513. The molecule has 0 bridgehead atoms. The summed E-state index contributed by atoms with van der Waals surface area (Å²) >= 11 is 0. The van der Waals surface area contributed by atoms with Gasteiger partial charge in [-0.3, -0.25) is 9.89 Å². The minimum Gasteiger partial charge on any atom is -0.491 e. The molecule has 150 valence electrons. The maximum absolute atomic E-state index is 12.6. The average Bonchev–Trinajstić information content (AvgIpc) is 3.19. The van der Waals surface area contributed by atoms with Crippen LogP contribution in [0.15, 0.2) is 54.6 Å². The summed E-state index contributed by atoms with van der Waals surface area (Å²) < 4.78 is 11.3. The molecule has 0 unspecified atom stereocenters. The summed E-state index contributed by atoms with van der Waals surface area (Å²) in [5.74, 6) is 0.622. The molecular formula is C22H24N4O3. The Morgan fingerprint density at radius 1 is 1.10 bits per heavy atom. The van der Waals surface area contributed by atoms with Gasteiger partial charge in [0, 0.05) is 36.5 Å². The van der Waals surface area contributed by atoms with Crippen molar-refractivity contribution in [1.82, 2.24) is 15.5 Å². The number of amides is 1. The van der Waals surface area contributed by atoms with Crippen molar-refractivity contribution in [2.24, 2.45) is 0 Å². The Balaban J connectivity index is 1.27. The predicted octanol–water partition coefficient (Wildman–Crippen LogP) is 2.90. The number of carbonyl (C=O) groups excluding carboxylic acids is 1. The highest BCUT2D eigenvalue weighted by Crippen LogP contribution is 2.18. The third-order valence-corrected chi connectivity index (χ3v) is 4.71. The fourth-order valence-electron chi connectivity index (χ4n) is 3.27. The molecule has 1 aromatic heterocycles. The molecule has 29 heavy (non-hydrogen) atoms. The van der Waals surface area contributed by atoms with E-state index in [1.807, 2.05) is 54.6 Å². The first-order valence-electron chi connectivity index (χ1n) is 9.72. The number of nitrogens with one attached hydrogen (secondary N) is 3. The summed E-state index contributed by atoms with van der Waals surface area (Å²) in [6, 6.07) is 17.3. The molecule has 1 amide bonds. The highest BCUT2D eigenvalue weighted by molar-refractivity contribution is 6.04. The highest BCUT2D eigenvalue weighted by Gasteiger charge is 2.21. The number of nitrogens with zero attached hydrogens (tertiary/aromatic N) is 1. The van der Waals surface area contributed by atoms with E-state index in [0.29, 0.717) is 32.1 Å². The molecule has 0 radical (unpaired) electrons. The minimum atomic E-state index is -0.208. The van der Waals surface area contributed by atoms with Crippen molar-refractivity contribution in [1.29, 1.82) is 0 Å². The summed E-state index contributed by atoms with van der Waals surface area (Å²) in [4.78, 5) is 12.6. The molecular weight excluding hydrogens is 368 g/mol. The van der Waals surface area contributed by atoms with E-state index in [1.54, 1.807) is 0 Å². The number of ether oxygens (including phenoxy) is 2. The Labute approximate surface area is 169 Å². The fourth-order valence-corrected chi connectivity index (χ4v) is 3.27. The van der Waals surface area contributed by atoms with Gasteiger partial charge in [0.2, 0.25) is 0 Å². The second-order valence-corrected chi connectivity index (χ2v) is 6.82. The normalized spacial score (nSPS) is 13.0. The van der Waals surface area contributed by atoms with E-state index < -0.39 is 0 Å². The number of hydrogen-bond donors (Lipinski definition) is 3. The van der Waals surface area contributed by atoms with Crippen molar-refractivity contribution in [3.63, 3.8) is 0 Å². The molecule has 0 atom stereocenters. The van der Waals surface area contributed by atoms with Gasteiger partial charge in [-0.1, -0.05) is 30.3 Å². The number of anilines is 1. The Morgan fingerprint density at radius 3 is 2.90 bits per heavy atom. The van der Waals surface area contributed by atoms with Crippen molar-refractivity contribution in [3.8, 4) is 5.75 Å². The van der Waals surface area contributed by atoms with Gasteiger partial charge in [0.1, 0.15) is 12.4 Å². The number of aromatic amines is 1. The standard InChI is InChI=1S/C22H24N4O3/c27-22(21-19-14-23-10-9-20(19)25-26-21)24-17-6-4-5-16(13-17)15-28-11-12-29-18-7-2-1-3-8-18/h1-8,13,23H,9-12,14-15H2,(H,24,27)(H,25,26). The second kappa shape index (κ2) is 9.36. The van der Waals surface area contributed by atoms with Gasteiger partial charge < -0.3 is 20.1 Å². The number of aromatic nitrogens is 2. The average molecular weight is 392 g/mol. The maximum Gasteiger partial charge on any atom is 0.276 e. The Morgan fingerprint density at radius 2 is 2.00 bits per heavy atom. The maximum atomic E-state index is 12.6. The van der Waals surface area contributed by atoms with Crippen LogP contribution < -0.4 is 15.4 Å². The molecule has 1 aliphatic heterocycles. The van der Waals surface area contributed by atoms with E-state index in [4.69, 9.17) is 9.47 Å². The lowest BCUT2D eigenvalue weighted by atomic mass is 10.1. The van der Waals surface area contributed by atoms with E-state index in [9.17, 15) is 4.79 Å². The third-order valence-electron chi connectivity index (χ3n) is 4.71. The summed E-state index contributed by atoms with van der Waals surface area (Å²) in [5, 5.41) is 13.4. The molecule has 7 nitrogen and oxygen atoms in total. The van der Waals surface area contributed by atoms with Crippen molar-refractivity contribution in [3.05, 3.63) is 77.1 Å². The van der Waals surface area contributed by atoms with Gasteiger partial charge in [0.05, 0.1) is 13.2 Å². The lowest BCUT2D eigenvalue weighted by Crippen LogP contribution is -2.25. The van der Waals surface area contributed by atoms with E-state index in [0.717, 1.165) is 41.2 Å². The van der Waals surface area contributed by atoms with Crippen molar-refractivity contribution < 1.29 is 14.3 Å². The van der Waals surface area contributed by atoms with E-state index in [1.165, 1.54) is 0 Å². The van der Waals surface area contributed by atoms with Crippen molar-refractivity contribution >= 4 is 11.6 Å². The first kappa shape index (κ1) is 19.2. The van der Waals surface area contributed by atoms with Crippen LogP contribution in [-0.4, -0.2) is 35.9 Å². The van der Waals surface area contributed by atoms with Crippen LogP contribution in [0, 0.1) is 0 Å². The topological polar surface area (TPSA) is 88.3 Å². The zero-order chi connectivity index (χ0) is 19.9. The van der Waals surface area contributed by atoms with Gasteiger partial charge in [-0.2, -0.15) is 5.10 Å². The van der Waals surface area contributed by atoms with Gasteiger partial charge in [-0.25, -0.2) is 0 Å². The van der Waals surface area contributed by atoms with Gasteiger partial charge in [-0.05, 0) is 29.8 Å². The zero-order valence-corrected chi connectivity index (χ0v) is 16.1. The van der Waals surface area contributed by atoms with E-state index in [2.05, 4.69) is 20.8 Å². The summed E-state index contributed by atoms with van der Waals surface area (Å²) in [6.45, 7) is 2.97. The lowest BCUT2D eigenvalue weighted by molar-refractivity contribution is 0.0889. The smallest absolute Gasteiger partial charge is 0.276 e. The number of benzene rings is 2. The highest BCUT2D eigenvalue weighted by atomic mass is 16.5. The van der Waals surface area contributed by atoms with Crippen LogP contribution in [-0.2, 0) is 24.3 Å². The van der Waals surface area contributed by atoms with Crippen LogP contribution in [0.5, 0.6) is 5.75 Å². The SMILES string of the molecule is O=C(Nc1cccc(COCCOc2ccccc2)c1)c1n[nH]c2c1CNCC2. The molecule has 3 aromatic rings. The molecule has 3 N–H and O–H groups in total. The number of H-pyrrole nitrogens is 1. The minimum absolute atomic E-state index is 0.208. The third kappa shape index (κ3) is 5.01. The molecule has 0 saturated heterocycles. The first-order chi connectivity index (χ1) is 14.3. The molecule has 0 fully saturated rings. The number of rotatable bonds is 8. The Kier molecular flexibility index (Phi) is 6.19. The Hall–Kier alpha value is -3.16. The molecule has 0 saturated carbocycles. The van der Waals surface area contributed by atoms with E-state index in [-0.39, 0.29) is 5.91 Å². The van der Waals surface area contributed by atoms with Crippen LogP contribution in [0.2, 0.25) is 0 Å². The number of fused-ring (bicyclic) bond motifs is 1. The van der Waals surface area contributed by atoms with Gasteiger partial charge >= 0.3 is 0 Å². The monoisotopic (exact) mass is 392 g/mol. The van der Waals surface area contributed by atoms with Crippen LogP contribution in [0.25, 0.3) is 0 Å². The molecule has 4 rings (SSSR count). The Bertz CT molecular complexity index is 956. The molecule has 2 aromatic carbocycles. The molecule has 0 spiro atoms. The van der Waals surface area contributed by atoms with E-state index >= 15 is 0 Å². The number of para-hydroxylation sites is 1. The summed E-state index contributed by atoms with van der Waals surface area (Å²) in [7, 11) is 0. The zero-order valence-electron chi connectivity index (χ0n) is 16.1. The van der Waals surface area contributed by atoms with Gasteiger partial charge in [0.25, 0.3) is 5.91 Å². The number of carbonyl (C=O) groups is 1. The van der Waals surface area contributed by atoms with Crippen LogP contribution in [0.3, 0.4) is 0 Å². The molecule has 7 heteroatoms. The summed E-state index contributed by atoms with van der Waals surface area (Å²) in [5.41, 5.74) is 4.14. The van der Waals surface area contributed by atoms with Crippen molar-refractivity contribution in [2.45, 2.75) is 19.6 Å². The molecule has 1 aliphatic rings. The van der Waals surface area contributed by atoms with Crippen LogP contribution >= 0.6 is 0 Å². The largest absolute Gasteiger partial charge is 0.491 e. The first-order valence-corrected chi connectivity index (χ1v) is 9.72. The van der Waals surface area contributed by atoms with Crippen LogP contribution in [0.1, 0.15) is 27.3 Å². The number of hydrogen-bond acceptors (Lipinski definition) is 5. The van der Waals surface area contributed by atoms with Crippen LogP contribution in [0.4, 0.5) is 5.69 Å².